The average molecular weight is 412 g/mol. The Balaban J connectivity index is 1.52. The number of nitrogens with zero attached hydrogens (tertiary/aromatic N) is 2. The zero-order chi connectivity index (χ0) is 21.4. The predicted octanol–water partition coefficient (Wildman–Crippen LogP) is 5.85. The second-order valence-electron chi connectivity index (χ2n) is 7.53. The summed E-state index contributed by atoms with van der Waals surface area (Å²) in [6.07, 6.45) is 1.53. The molecule has 0 amide bonds. The van der Waals surface area contributed by atoms with Crippen LogP contribution in [0.4, 0.5) is 10.2 Å². The van der Waals surface area contributed by atoms with Crippen LogP contribution in [0.1, 0.15) is 11.3 Å². The van der Waals surface area contributed by atoms with Crippen LogP contribution >= 0.6 is 0 Å². The molecule has 0 aliphatic carbocycles. The number of hydrogen-bond donors (Lipinski definition) is 2. The van der Waals surface area contributed by atoms with Crippen molar-refractivity contribution in [2.75, 3.05) is 12.4 Å². The highest BCUT2D eigenvalue weighted by atomic mass is 19.1. The summed E-state index contributed by atoms with van der Waals surface area (Å²) in [6, 6.07) is 18.8. The Morgan fingerprint density at radius 1 is 0.968 bits per heavy atom. The summed E-state index contributed by atoms with van der Waals surface area (Å²) >= 11 is 0. The number of H-pyrrole nitrogens is 1. The summed E-state index contributed by atoms with van der Waals surface area (Å²) in [5.74, 6) is 1.09. The molecule has 0 radical (unpaired) electrons. The molecule has 2 heterocycles. The summed E-state index contributed by atoms with van der Waals surface area (Å²) in [4.78, 5) is 12.3. The maximum atomic E-state index is 13.4. The van der Waals surface area contributed by atoms with Gasteiger partial charge in [0, 0.05) is 23.1 Å². The van der Waals surface area contributed by atoms with E-state index in [4.69, 9.17) is 4.74 Å². The molecule has 2 aromatic heterocycles. The molecule has 0 saturated carbocycles. The van der Waals surface area contributed by atoms with Gasteiger partial charge in [0.15, 0.2) is 0 Å². The van der Waals surface area contributed by atoms with Gasteiger partial charge in [0.05, 0.1) is 7.11 Å². The fourth-order valence-corrected chi connectivity index (χ4v) is 3.86. The Labute approximate surface area is 178 Å². The largest absolute Gasteiger partial charge is 0.494 e. The maximum absolute atomic E-state index is 13.4. The molecule has 5 rings (SSSR count). The molecule has 0 aliphatic heterocycles. The topological polar surface area (TPSA) is 62.8 Å². The Bertz CT molecular complexity index is 1390. The number of rotatable bonds is 5. The van der Waals surface area contributed by atoms with Crippen molar-refractivity contribution in [3.05, 3.63) is 84.1 Å². The molecule has 6 heteroatoms. The van der Waals surface area contributed by atoms with E-state index >= 15 is 0 Å². The quantitative estimate of drug-likeness (QED) is 0.380. The Kier molecular flexibility index (Phi) is 4.75. The number of aromatic amines is 1. The van der Waals surface area contributed by atoms with Crippen LogP contribution in [-0.4, -0.2) is 22.1 Å². The molecule has 31 heavy (non-hydrogen) atoms. The Hall–Kier alpha value is -3.93. The van der Waals surface area contributed by atoms with Crippen molar-refractivity contribution in [2.24, 2.45) is 0 Å². The molecule has 3 aromatic carbocycles. The summed E-state index contributed by atoms with van der Waals surface area (Å²) in [7, 11) is 1.62. The molecule has 5 aromatic rings. The maximum Gasteiger partial charge on any atom is 0.145 e. The highest BCUT2D eigenvalue weighted by Crippen LogP contribution is 2.34. The van der Waals surface area contributed by atoms with E-state index in [2.05, 4.69) is 51.5 Å². The van der Waals surface area contributed by atoms with Gasteiger partial charge in [-0.2, -0.15) is 0 Å². The molecule has 0 spiro atoms. The molecule has 154 valence electrons. The van der Waals surface area contributed by atoms with E-state index < -0.39 is 0 Å². The van der Waals surface area contributed by atoms with Gasteiger partial charge >= 0.3 is 0 Å². The van der Waals surface area contributed by atoms with Crippen LogP contribution < -0.4 is 10.1 Å². The number of aromatic nitrogens is 3. The molecule has 0 aliphatic rings. The summed E-state index contributed by atoms with van der Waals surface area (Å²) in [5, 5.41) is 5.48. The van der Waals surface area contributed by atoms with Gasteiger partial charge in [0.1, 0.15) is 29.2 Å². The van der Waals surface area contributed by atoms with E-state index in [0.29, 0.717) is 12.3 Å². The van der Waals surface area contributed by atoms with Crippen LogP contribution in [0.15, 0.2) is 67.0 Å². The van der Waals surface area contributed by atoms with E-state index in [1.807, 2.05) is 12.1 Å². The number of aryl methyl sites for hydroxylation is 1. The third-order valence-corrected chi connectivity index (χ3v) is 5.38. The van der Waals surface area contributed by atoms with Crippen LogP contribution in [-0.2, 0) is 6.54 Å². The van der Waals surface area contributed by atoms with E-state index in [0.717, 1.165) is 44.6 Å². The molecule has 2 N–H and O–H groups in total. The number of methoxy groups -OCH3 is 1. The van der Waals surface area contributed by atoms with Crippen molar-refractivity contribution in [3.8, 4) is 16.9 Å². The van der Waals surface area contributed by atoms with Crippen LogP contribution in [0.5, 0.6) is 5.75 Å². The number of nitrogens with one attached hydrogen (secondary N) is 2. The number of ether oxygens (including phenoxy) is 1. The summed E-state index contributed by atoms with van der Waals surface area (Å²) in [6.45, 7) is 2.67. The van der Waals surface area contributed by atoms with Crippen molar-refractivity contribution in [1.29, 1.82) is 0 Å². The number of anilines is 1. The highest BCUT2D eigenvalue weighted by Gasteiger charge is 2.12. The third kappa shape index (κ3) is 3.68. The first-order valence-electron chi connectivity index (χ1n) is 10.0. The average Bonchev–Trinajstić information content (AvgIpc) is 3.16. The smallest absolute Gasteiger partial charge is 0.145 e. The lowest BCUT2D eigenvalue weighted by molar-refractivity contribution is 0.419. The van der Waals surface area contributed by atoms with Crippen LogP contribution in [0.3, 0.4) is 0 Å². The minimum atomic E-state index is -0.267. The first-order valence-corrected chi connectivity index (χ1v) is 10.0. The van der Waals surface area contributed by atoms with Gasteiger partial charge in [0.2, 0.25) is 0 Å². The number of fused-ring (bicyclic) bond motifs is 2. The van der Waals surface area contributed by atoms with E-state index in [9.17, 15) is 4.39 Å². The van der Waals surface area contributed by atoms with Crippen LogP contribution in [0, 0.1) is 12.7 Å². The highest BCUT2D eigenvalue weighted by molar-refractivity contribution is 5.96. The number of hydrogen-bond acceptors (Lipinski definition) is 4. The van der Waals surface area contributed by atoms with Gasteiger partial charge in [-0.25, -0.2) is 14.4 Å². The van der Waals surface area contributed by atoms with Gasteiger partial charge in [0.25, 0.3) is 0 Å². The first-order chi connectivity index (χ1) is 15.1. The van der Waals surface area contributed by atoms with Crippen molar-refractivity contribution in [2.45, 2.75) is 13.5 Å². The fourth-order valence-electron chi connectivity index (χ4n) is 3.86. The Morgan fingerprint density at radius 3 is 2.61 bits per heavy atom. The second-order valence-corrected chi connectivity index (χ2v) is 7.53. The minimum Gasteiger partial charge on any atom is -0.494 e. The summed E-state index contributed by atoms with van der Waals surface area (Å²) < 4.78 is 19.0. The fraction of sp³-hybridized carbons (Fsp3) is 0.120. The molecule has 0 atom stereocenters. The van der Waals surface area contributed by atoms with Crippen LogP contribution in [0.2, 0.25) is 0 Å². The normalized spacial score (nSPS) is 11.2. The molecule has 5 nitrogen and oxygen atoms in total. The van der Waals surface area contributed by atoms with Crippen molar-refractivity contribution >= 4 is 27.6 Å². The molecule has 0 saturated heterocycles. The Morgan fingerprint density at radius 2 is 1.81 bits per heavy atom. The van der Waals surface area contributed by atoms with Gasteiger partial charge < -0.3 is 15.0 Å². The van der Waals surface area contributed by atoms with Crippen molar-refractivity contribution in [3.63, 3.8) is 0 Å². The monoisotopic (exact) mass is 412 g/mol. The number of benzene rings is 3. The second kappa shape index (κ2) is 7.72. The van der Waals surface area contributed by atoms with E-state index in [-0.39, 0.29) is 5.82 Å². The van der Waals surface area contributed by atoms with Gasteiger partial charge in [-0.3, -0.25) is 0 Å². The van der Waals surface area contributed by atoms with Gasteiger partial charge in [-0.05, 0) is 65.4 Å². The third-order valence-electron chi connectivity index (χ3n) is 5.38. The molecule has 0 fully saturated rings. The number of halogens is 1. The minimum absolute atomic E-state index is 0.267. The zero-order valence-corrected chi connectivity index (χ0v) is 17.2. The lowest BCUT2D eigenvalue weighted by Gasteiger charge is -2.13. The molecule has 0 unspecified atom stereocenters. The predicted molar refractivity (Wildman–Crippen MR) is 122 cm³/mol. The van der Waals surface area contributed by atoms with Crippen molar-refractivity contribution in [1.82, 2.24) is 15.0 Å². The van der Waals surface area contributed by atoms with Gasteiger partial charge in [-0.1, -0.05) is 24.3 Å². The van der Waals surface area contributed by atoms with Crippen molar-refractivity contribution < 1.29 is 9.13 Å². The van der Waals surface area contributed by atoms with E-state index in [1.54, 1.807) is 19.2 Å². The van der Waals surface area contributed by atoms with Crippen LogP contribution in [0.25, 0.3) is 32.9 Å². The standard InChI is InChI=1S/C25H21FN4O/c1-15-9-18-4-3-16(10-22(18)30-15)13-27-25-21-11-19(17-5-7-20(26)8-6-17)12-23(31-2)24(21)28-14-29-25/h3-12,14,30H,13H2,1-2H3,(H,27,28,29). The molecule has 0 bridgehead atoms. The lowest BCUT2D eigenvalue weighted by Crippen LogP contribution is -2.03. The summed E-state index contributed by atoms with van der Waals surface area (Å²) in [5.41, 5.74) is 5.92. The molecular formula is C25H21FN4O. The van der Waals surface area contributed by atoms with E-state index in [1.165, 1.54) is 23.8 Å². The molecular weight excluding hydrogens is 391 g/mol. The first kappa shape index (κ1) is 19.1. The van der Waals surface area contributed by atoms with Gasteiger partial charge in [-0.15, -0.1) is 0 Å². The SMILES string of the molecule is COc1cc(-c2ccc(F)cc2)cc2c(NCc3ccc4cc(C)[nH]c4c3)ncnc12. The lowest BCUT2D eigenvalue weighted by atomic mass is 10.0. The zero-order valence-electron chi connectivity index (χ0n) is 17.2.